The summed E-state index contributed by atoms with van der Waals surface area (Å²) in [6.45, 7) is 9.25. The molecule has 1 aliphatic carbocycles. The second-order valence-electron chi connectivity index (χ2n) is 11.2. The maximum atomic E-state index is 12.4. The summed E-state index contributed by atoms with van der Waals surface area (Å²) in [4.78, 5) is 26.5. The van der Waals surface area contributed by atoms with Crippen LogP contribution in [0, 0.1) is 17.8 Å². The molecule has 6 heteroatoms. The van der Waals surface area contributed by atoms with Crippen molar-refractivity contribution < 1.29 is 19.1 Å². The number of anilines is 1. The molecule has 4 rings (SSSR count). The Bertz CT molecular complexity index is 865. The highest BCUT2D eigenvalue weighted by molar-refractivity contribution is 5.73. The van der Waals surface area contributed by atoms with Crippen molar-refractivity contribution in [3.63, 3.8) is 0 Å². The third-order valence-electron chi connectivity index (χ3n) is 7.59. The molecule has 33 heavy (non-hydrogen) atoms. The first kappa shape index (κ1) is 23.9. The fraction of sp³-hybridized carbons (Fsp3) is 0.704. The third kappa shape index (κ3) is 5.64. The van der Waals surface area contributed by atoms with Gasteiger partial charge in [-0.3, -0.25) is 4.79 Å². The summed E-state index contributed by atoms with van der Waals surface area (Å²) in [5.41, 5.74) is 3.38. The molecule has 3 atom stereocenters. The van der Waals surface area contributed by atoms with Crippen molar-refractivity contribution in [2.24, 2.45) is 17.8 Å². The van der Waals surface area contributed by atoms with Gasteiger partial charge in [-0.15, -0.1) is 0 Å². The molecule has 0 radical (unpaired) electrons. The molecule has 6 nitrogen and oxygen atoms in total. The predicted molar refractivity (Wildman–Crippen MR) is 129 cm³/mol. The van der Waals surface area contributed by atoms with Crippen molar-refractivity contribution in [2.75, 3.05) is 25.5 Å². The quantitative estimate of drug-likeness (QED) is 0.604. The van der Waals surface area contributed by atoms with Gasteiger partial charge in [0.1, 0.15) is 5.60 Å². The number of hydrogen-bond acceptors (Lipinski definition) is 5. The van der Waals surface area contributed by atoms with E-state index in [2.05, 4.69) is 23.5 Å². The lowest BCUT2D eigenvalue weighted by atomic mass is 9.80. The van der Waals surface area contributed by atoms with E-state index in [1.165, 1.54) is 36.8 Å². The number of carbonyl (C=O) groups excluding carboxylic acids is 2. The summed E-state index contributed by atoms with van der Waals surface area (Å²) >= 11 is 0. The number of methoxy groups -OCH3 is 1. The molecule has 1 N–H and O–H groups in total. The Balaban J connectivity index is 1.40. The first-order valence-corrected chi connectivity index (χ1v) is 12.6. The average molecular weight is 457 g/mol. The summed E-state index contributed by atoms with van der Waals surface area (Å²) in [5, 5.41) is 3.83. The second-order valence-corrected chi connectivity index (χ2v) is 11.2. The van der Waals surface area contributed by atoms with Gasteiger partial charge in [-0.25, -0.2) is 4.79 Å². The van der Waals surface area contributed by atoms with Crippen LogP contribution in [0.25, 0.3) is 0 Å². The molecule has 182 valence electrons. The van der Waals surface area contributed by atoms with Crippen molar-refractivity contribution in [1.29, 1.82) is 0 Å². The molecule has 2 heterocycles. The SMILES string of the molecule is COC(=O)C(C)C(c1ccc2c(c1)NC(C1CCN(C(=O)OC(C)(C)C)CC1)CC2)C1CC1. The van der Waals surface area contributed by atoms with Gasteiger partial charge in [-0.2, -0.15) is 0 Å². The predicted octanol–water partition coefficient (Wildman–Crippen LogP) is 5.36. The van der Waals surface area contributed by atoms with E-state index < -0.39 is 5.60 Å². The molecule has 0 bridgehead atoms. The van der Waals surface area contributed by atoms with Gasteiger partial charge >= 0.3 is 12.1 Å². The van der Waals surface area contributed by atoms with Crippen molar-refractivity contribution >= 4 is 17.7 Å². The number of esters is 1. The maximum absolute atomic E-state index is 12.4. The Morgan fingerprint density at radius 2 is 1.79 bits per heavy atom. The average Bonchev–Trinajstić information content (AvgIpc) is 3.62. The molecule has 0 spiro atoms. The first-order valence-electron chi connectivity index (χ1n) is 12.6. The number of likely N-dealkylation sites (tertiary alicyclic amines) is 1. The lowest BCUT2D eigenvalue weighted by Gasteiger charge is -2.39. The number of carbonyl (C=O) groups is 2. The highest BCUT2D eigenvalue weighted by atomic mass is 16.6. The van der Waals surface area contributed by atoms with Crippen molar-refractivity contribution in [3.05, 3.63) is 29.3 Å². The van der Waals surface area contributed by atoms with Crippen LogP contribution in [0.1, 0.15) is 76.8 Å². The maximum Gasteiger partial charge on any atom is 0.410 e. The van der Waals surface area contributed by atoms with Gasteiger partial charge in [0, 0.05) is 24.8 Å². The van der Waals surface area contributed by atoms with Gasteiger partial charge in [0.15, 0.2) is 0 Å². The van der Waals surface area contributed by atoms with E-state index in [0.717, 1.165) is 38.8 Å². The lowest BCUT2D eigenvalue weighted by Crippen LogP contribution is -2.45. The van der Waals surface area contributed by atoms with E-state index in [1.807, 2.05) is 32.6 Å². The molecule has 1 aromatic carbocycles. The molecule has 2 fully saturated rings. The Hall–Kier alpha value is -2.24. The van der Waals surface area contributed by atoms with Crippen LogP contribution in [0.5, 0.6) is 0 Å². The Kier molecular flexibility index (Phi) is 6.92. The number of rotatable bonds is 5. The summed E-state index contributed by atoms with van der Waals surface area (Å²) < 4.78 is 10.6. The van der Waals surface area contributed by atoms with E-state index in [-0.39, 0.29) is 23.9 Å². The third-order valence-corrected chi connectivity index (χ3v) is 7.59. The van der Waals surface area contributed by atoms with Crippen molar-refractivity contribution in [2.45, 2.75) is 83.8 Å². The Morgan fingerprint density at radius 3 is 2.39 bits per heavy atom. The molecule has 3 aliphatic rings. The molecule has 1 aromatic rings. The molecule has 1 saturated heterocycles. The van der Waals surface area contributed by atoms with Crippen molar-refractivity contribution in [1.82, 2.24) is 4.90 Å². The normalized spacial score (nSPS) is 23.2. The fourth-order valence-corrected chi connectivity index (χ4v) is 5.66. The van der Waals surface area contributed by atoms with E-state index in [1.54, 1.807) is 0 Å². The zero-order chi connectivity index (χ0) is 23.8. The number of nitrogens with zero attached hydrogens (tertiary/aromatic N) is 1. The highest BCUT2D eigenvalue weighted by Crippen LogP contribution is 2.48. The van der Waals surface area contributed by atoms with Crippen molar-refractivity contribution in [3.8, 4) is 0 Å². The molecule has 0 aromatic heterocycles. The smallest absolute Gasteiger partial charge is 0.410 e. The minimum Gasteiger partial charge on any atom is -0.469 e. The van der Waals surface area contributed by atoms with E-state index >= 15 is 0 Å². The molecule has 1 amide bonds. The van der Waals surface area contributed by atoms with Crippen LogP contribution in [0.3, 0.4) is 0 Å². The summed E-state index contributed by atoms with van der Waals surface area (Å²) in [6.07, 6.45) is 6.36. The molecule has 1 saturated carbocycles. The van der Waals surface area contributed by atoms with Gasteiger partial charge in [-0.1, -0.05) is 19.1 Å². The number of nitrogens with one attached hydrogen (secondary N) is 1. The summed E-state index contributed by atoms with van der Waals surface area (Å²) in [5.74, 6) is 1.11. The fourth-order valence-electron chi connectivity index (χ4n) is 5.66. The highest BCUT2D eigenvalue weighted by Gasteiger charge is 2.40. The number of ether oxygens (including phenoxy) is 2. The number of hydrogen-bond donors (Lipinski definition) is 1. The summed E-state index contributed by atoms with van der Waals surface area (Å²) in [7, 11) is 1.48. The van der Waals surface area contributed by atoms with Gasteiger partial charge in [0.25, 0.3) is 0 Å². The number of benzene rings is 1. The topological polar surface area (TPSA) is 67.9 Å². The number of amides is 1. The van der Waals surface area contributed by atoms with Crippen LogP contribution >= 0.6 is 0 Å². The van der Waals surface area contributed by atoms with Crippen LogP contribution in [-0.2, 0) is 20.7 Å². The largest absolute Gasteiger partial charge is 0.469 e. The number of piperidine rings is 1. The second kappa shape index (κ2) is 9.55. The minimum atomic E-state index is -0.454. The van der Waals surface area contributed by atoms with E-state index in [9.17, 15) is 9.59 Å². The first-order chi connectivity index (χ1) is 15.7. The van der Waals surface area contributed by atoms with Gasteiger partial charge in [-0.05, 0) is 94.2 Å². The molecular weight excluding hydrogens is 416 g/mol. The zero-order valence-corrected chi connectivity index (χ0v) is 20.9. The van der Waals surface area contributed by atoms with Gasteiger partial charge < -0.3 is 19.7 Å². The standard InChI is InChI=1S/C27H40N2O4/c1-17(25(30)32-5)24(20-7-8-20)21-9-6-18-10-11-22(28-23(18)16-21)19-12-14-29(15-13-19)26(31)33-27(2,3)4/h6,9,16-17,19-20,22,24,28H,7-8,10-15H2,1-5H3. The van der Waals surface area contributed by atoms with E-state index in [0.29, 0.717) is 17.9 Å². The van der Waals surface area contributed by atoms with Crippen LogP contribution in [0.15, 0.2) is 18.2 Å². The molecule has 2 aliphatic heterocycles. The summed E-state index contributed by atoms with van der Waals surface area (Å²) in [6, 6.07) is 7.19. The monoisotopic (exact) mass is 456 g/mol. The number of aryl methyl sites for hydroxylation is 1. The minimum absolute atomic E-state index is 0.118. The van der Waals surface area contributed by atoms with Crippen LogP contribution in [0.4, 0.5) is 10.5 Å². The van der Waals surface area contributed by atoms with Crippen LogP contribution in [0.2, 0.25) is 0 Å². The zero-order valence-electron chi connectivity index (χ0n) is 20.9. The van der Waals surface area contributed by atoms with Gasteiger partial charge in [0.05, 0.1) is 13.0 Å². The Labute approximate surface area is 198 Å². The van der Waals surface area contributed by atoms with Crippen LogP contribution < -0.4 is 5.32 Å². The van der Waals surface area contributed by atoms with Gasteiger partial charge in [0.2, 0.25) is 0 Å². The lowest BCUT2D eigenvalue weighted by molar-refractivity contribution is -0.145. The molecular formula is C27H40N2O4. The molecule has 3 unspecified atom stereocenters. The Morgan fingerprint density at radius 1 is 1.09 bits per heavy atom. The van der Waals surface area contributed by atoms with E-state index in [4.69, 9.17) is 9.47 Å². The van der Waals surface area contributed by atoms with Crippen LogP contribution in [-0.4, -0.2) is 48.8 Å². The number of fused-ring (bicyclic) bond motifs is 1.